The number of anilines is 1. The van der Waals surface area contributed by atoms with Gasteiger partial charge in [0, 0.05) is 27.9 Å². The molecule has 0 saturated carbocycles. The van der Waals surface area contributed by atoms with Crippen molar-refractivity contribution in [3.8, 4) is 0 Å². The van der Waals surface area contributed by atoms with Crippen LogP contribution in [0.15, 0.2) is 40.7 Å². The summed E-state index contributed by atoms with van der Waals surface area (Å²) >= 11 is 8.97. The predicted octanol–water partition coefficient (Wildman–Crippen LogP) is 4.31. The molecule has 1 N–H and O–H groups in total. The highest BCUT2D eigenvalue weighted by Crippen LogP contribution is 2.21. The summed E-state index contributed by atoms with van der Waals surface area (Å²) in [5, 5.41) is 6.01. The number of benzene rings is 1. The molecule has 1 heterocycles. The van der Waals surface area contributed by atoms with Crippen LogP contribution in [0.25, 0.3) is 0 Å². The quantitative estimate of drug-likeness (QED) is 0.638. The van der Waals surface area contributed by atoms with E-state index in [9.17, 15) is 4.79 Å². The Bertz CT molecular complexity index is 514. The fourth-order valence-electron chi connectivity index (χ4n) is 1.42. The second-order valence-electron chi connectivity index (χ2n) is 3.79. The molecular weight excluding hydrogens is 300 g/mol. The largest absolute Gasteiger partial charge is 0.302 e. The summed E-state index contributed by atoms with van der Waals surface area (Å²) in [5.41, 5.74) is 0. The Labute approximate surface area is 125 Å². The minimum Gasteiger partial charge on any atom is -0.302 e. The van der Waals surface area contributed by atoms with Gasteiger partial charge in [-0.15, -0.1) is 23.1 Å². The lowest BCUT2D eigenvalue weighted by Gasteiger charge is -2.02. The molecule has 0 unspecified atom stereocenters. The highest BCUT2D eigenvalue weighted by atomic mass is 35.5. The SMILES string of the molecule is O=C(CCCSc1ccc(Cl)cc1)Nc1nccs1. The van der Waals surface area contributed by atoms with Crippen LogP contribution < -0.4 is 5.32 Å². The van der Waals surface area contributed by atoms with Crippen LogP contribution in [0.3, 0.4) is 0 Å². The van der Waals surface area contributed by atoms with E-state index >= 15 is 0 Å². The number of aromatic nitrogens is 1. The van der Waals surface area contributed by atoms with Gasteiger partial charge in [0.1, 0.15) is 0 Å². The third-order valence-electron chi connectivity index (χ3n) is 2.31. The van der Waals surface area contributed by atoms with Crippen molar-refractivity contribution in [2.24, 2.45) is 0 Å². The maximum Gasteiger partial charge on any atom is 0.226 e. The van der Waals surface area contributed by atoms with Crippen LogP contribution in [0.2, 0.25) is 5.02 Å². The fourth-order valence-corrected chi connectivity index (χ4v) is 2.94. The molecule has 2 rings (SSSR count). The maximum absolute atomic E-state index is 11.6. The van der Waals surface area contributed by atoms with Gasteiger partial charge in [0.15, 0.2) is 5.13 Å². The van der Waals surface area contributed by atoms with Crippen molar-refractivity contribution < 1.29 is 4.79 Å². The zero-order valence-corrected chi connectivity index (χ0v) is 12.5. The van der Waals surface area contributed by atoms with Crippen molar-refractivity contribution >= 4 is 45.7 Å². The Morgan fingerprint density at radius 1 is 1.37 bits per heavy atom. The van der Waals surface area contributed by atoms with Gasteiger partial charge in [-0.2, -0.15) is 0 Å². The number of carbonyl (C=O) groups excluding carboxylic acids is 1. The van der Waals surface area contributed by atoms with Gasteiger partial charge in [-0.3, -0.25) is 4.79 Å². The first-order chi connectivity index (χ1) is 9.24. The number of amides is 1. The summed E-state index contributed by atoms with van der Waals surface area (Å²) < 4.78 is 0. The van der Waals surface area contributed by atoms with Gasteiger partial charge in [-0.25, -0.2) is 4.98 Å². The number of nitrogens with one attached hydrogen (secondary N) is 1. The zero-order chi connectivity index (χ0) is 13.5. The Hall–Kier alpha value is -1.04. The van der Waals surface area contributed by atoms with Gasteiger partial charge in [0.05, 0.1) is 0 Å². The van der Waals surface area contributed by atoms with Crippen LogP contribution >= 0.6 is 34.7 Å². The summed E-state index contributed by atoms with van der Waals surface area (Å²) in [6, 6.07) is 7.73. The van der Waals surface area contributed by atoms with Crippen molar-refractivity contribution in [2.45, 2.75) is 17.7 Å². The maximum atomic E-state index is 11.6. The molecule has 19 heavy (non-hydrogen) atoms. The third-order valence-corrected chi connectivity index (χ3v) is 4.35. The second-order valence-corrected chi connectivity index (χ2v) is 6.29. The lowest BCUT2D eigenvalue weighted by Crippen LogP contribution is -2.11. The summed E-state index contributed by atoms with van der Waals surface area (Å²) in [5.74, 6) is 0.930. The number of halogens is 1. The van der Waals surface area contributed by atoms with Crippen LogP contribution in [0.4, 0.5) is 5.13 Å². The minimum absolute atomic E-state index is 0.0201. The molecule has 1 amide bonds. The van der Waals surface area contributed by atoms with Gasteiger partial charge in [-0.05, 0) is 36.4 Å². The van der Waals surface area contributed by atoms with Crippen LogP contribution in [-0.4, -0.2) is 16.6 Å². The van der Waals surface area contributed by atoms with Gasteiger partial charge in [0.2, 0.25) is 5.91 Å². The fraction of sp³-hybridized carbons (Fsp3) is 0.231. The molecule has 0 bridgehead atoms. The van der Waals surface area contributed by atoms with Gasteiger partial charge in [0.25, 0.3) is 0 Å². The molecule has 0 fully saturated rings. The monoisotopic (exact) mass is 312 g/mol. The van der Waals surface area contributed by atoms with Crippen molar-refractivity contribution in [2.75, 3.05) is 11.1 Å². The number of nitrogens with zero attached hydrogens (tertiary/aromatic N) is 1. The smallest absolute Gasteiger partial charge is 0.226 e. The first kappa shape index (κ1) is 14.4. The molecular formula is C13H13ClN2OS2. The molecule has 1 aromatic heterocycles. The Balaban J connectivity index is 1.64. The molecule has 1 aromatic carbocycles. The molecule has 0 radical (unpaired) electrons. The zero-order valence-electron chi connectivity index (χ0n) is 10.1. The first-order valence-corrected chi connectivity index (χ1v) is 8.06. The van der Waals surface area contributed by atoms with Crippen LogP contribution in [-0.2, 0) is 4.79 Å². The minimum atomic E-state index is 0.0201. The molecule has 0 aliphatic rings. The van der Waals surface area contributed by atoms with E-state index < -0.39 is 0 Å². The van der Waals surface area contributed by atoms with Crippen molar-refractivity contribution in [1.29, 1.82) is 0 Å². The number of thioether (sulfide) groups is 1. The normalized spacial score (nSPS) is 10.4. The van der Waals surface area contributed by atoms with E-state index in [0.717, 1.165) is 17.2 Å². The molecule has 100 valence electrons. The van der Waals surface area contributed by atoms with E-state index in [4.69, 9.17) is 11.6 Å². The average molecular weight is 313 g/mol. The molecule has 0 aliphatic carbocycles. The van der Waals surface area contributed by atoms with E-state index in [1.807, 2.05) is 29.6 Å². The summed E-state index contributed by atoms with van der Waals surface area (Å²) in [4.78, 5) is 16.8. The van der Waals surface area contributed by atoms with Crippen molar-refractivity contribution in [3.63, 3.8) is 0 Å². The van der Waals surface area contributed by atoms with Gasteiger partial charge in [-0.1, -0.05) is 11.6 Å². The lowest BCUT2D eigenvalue weighted by molar-refractivity contribution is -0.116. The summed E-state index contributed by atoms with van der Waals surface area (Å²) in [6.45, 7) is 0. The Morgan fingerprint density at radius 2 is 2.16 bits per heavy atom. The van der Waals surface area contributed by atoms with Crippen molar-refractivity contribution in [3.05, 3.63) is 40.9 Å². The number of hydrogen-bond acceptors (Lipinski definition) is 4. The van der Waals surface area contributed by atoms with Gasteiger partial charge < -0.3 is 5.32 Å². The molecule has 0 atom stereocenters. The summed E-state index contributed by atoms with van der Waals surface area (Å²) in [7, 11) is 0. The number of rotatable bonds is 6. The predicted molar refractivity (Wildman–Crippen MR) is 82.2 cm³/mol. The van der Waals surface area contributed by atoms with Crippen LogP contribution in [0.1, 0.15) is 12.8 Å². The van der Waals surface area contributed by atoms with Crippen LogP contribution in [0, 0.1) is 0 Å². The van der Waals surface area contributed by atoms with E-state index in [1.165, 1.54) is 16.2 Å². The average Bonchev–Trinajstić information content (AvgIpc) is 2.89. The lowest BCUT2D eigenvalue weighted by atomic mass is 10.3. The highest BCUT2D eigenvalue weighted by Gasteiger charge is 2.03. The highest BCUT2D eigenvalue weighted by molar-refractivity contribution is 7.99. The second kappa shape index (κ2) is 7.53. The third kappa shape index (κ3) is 5.22. The molecule has 6 heteroatoms. The molecule has 0 aliphatic heterocycles. The Kier molecular flexibility index (Phi) is 5.69. The van der Waals surface area contributed by atoms with Gasteiger partial charge >= 0.3 is 0 Å². The first-order valence-electron chi connectivity index (χ1n) is 5.82. The number of hydrogen-bond donors (Lipinski definition) is 1. The number of thiazole rings is 1. The molecule has 0 saturated heterocycles. The van der Waals surface area contributed by atoms with Crippen molar-refractivity contribution in [1.82, 2.24) is 4.98 Å². The molecule has 0 spiro atoms. The van der Waals surface area contributed by atoms with E-state index in [2.05, 4.69) is 10.3 Å². The van der Waals surface area contributed by atoms with E-state index in [1.54, 1.807) is 18.0 Å². The molecule has 3 nitrogen and oxygen atoms in total. The van der Waals surface area contributed by atoms with Crippen LogP contribution in [0.5, 0.6) is 0 Å². The van der Waals surface area contributed by atoms with E-state index in [-0.39, 0.29) is 5.91 Å². The van der Waals surface area contributed by atoms with E-state index in [0.29, 0.717) is 11.6 Å². The topological polar surface area (TPSA) is 42.0 Å². The molecule has 2 aromatic rings. The Morgan fingerprint density at radius 3 is 2.84 bits per heavy atom. The number of carbonyl (C=O) groups is 1. The standard InChI is InChI=1S/C13H13ClN2OS2/c14-10-3-5-11(6-4-10)18-8-1-2-12(17)16-13-15-7-9-19-13/h3-7,9H,1-2,8H2,(H,15,16,17). The summed E-state index contributed by atoms with van der Waals surface area (Å²) in [6.07, 6.45) is 3.03.